The van der Waals surface area contributed by atoms with Crippen molar-refractivity contribution in [3.05, 3.63) is 61.2 Å². The third kappa shape index (κ3) is 3.67. The van der Waals surface area contributed by atoms with Gasteiger partial charge in [-0.25, -0.2) is 4.98 Å². The van der Waals surface area contributed by atoms with Gasteiger partial charge in [0, 0.05) is 23.0 Å². The van der Waals surface area contributed by atoms with E-state index in [1.807, 2.05) is 54.6 Å². The summed E-state index contributed by atoms with van der Waals surface area (Å²) in [6.45, 7) is 3.70. The molecule has 1 N–H and O–H groups in total. The maximum absolute atomic E-state index is 12.5. The Morgan fingerprint density at radius 3 is 2.68 bits per heavy atom. The molecule has 0 aliphatic rings. The Balaban J connectivity index is 0.00000176. The second-order valence-corrected chi connectivity index (χ2v) is 6.89. The molecular weight excluding hydrogens is 336 g/mol. The van der Waals surface area contributed by atoms with Gasteiger partial charge in [0.2, 0.25) is 0 Å². The van der Waals surface area contributed by atoms with Crippen molar-refractivity contribution in [2.24, 2.45) is 0 Å². The zero-order chi connectivity index (χ0) is 14.7. The number of aromatic nitrogens is 2. The van der Waals surface area contributed by atoms with Crippen molar-refractivity contribution in [1.29, 1.82) is 0 Å². The Hall–Kier alpha value is -1.40. The lowest BCUT2D eigenvalue weighted by molar-refractivity contribution is 0.595. The van der Waals surface area contributed by atoms with Crippen LogP contribution in [0.4, 0.5) is 0 Å². The van der Waals surface area contributed by atoms with E-state index in [1.54, 1.807) is 11.8 Å². The quantitative estimate of drug-likeness (QED) is 0.420. The predicted molar refractivity (Wildman–Crippen MR) is 95.4 cm³/mol. The minimum Gasteiger partial charge on any atom is -0.606 e. The summed E-state index contributed by atoms with van der Waals surface area (Å²) in [7, 11) is 0. The van der Waals surface area contributed by atoms with E-state index in [9.17, 15) is 4.55 Å². The molecule has 0 fully saturated rings. The summed E-state index contributed by atoms with van der Waals surface area (Å²) in [4.78, 5) is 9.32. The van der Waals surface area contributed by atoms with Crippen molar-refractivity contribution >= 4 is 46.4 Å². The van der Waals surface area contributed by atoms with Crippen LogP contribution in [0, 0.1) is 0 Å². The van der Waals surface area contributed by atoms with Gasteiger partial charge in [-0.3, -0.25) is 0 Å². The van der Waals surface area contributed by atoms with Crippen LogP contribution in [-0.2, 0) is 11.2 Å². The first kappa shape index (κ1) is 17.0. The third-order valence-corrected chi connectivity index (χ3v) is 5.19. The van der Waals surface area contributed by atoms with Gasteiger partial charge >= 0.3 is 0 Å². The van der Waals surface area contributed by atoms with Crippen LogP contribution in [0.25, 0.3) is 11.0 Å². The van der Waals surface area contributed by atoms with Gasteiger partial charge in [-0.2, -0.15) is 0 Å². The van der Waals surface area contributed by atoms with Crippen molar-refractivity contribution in [2.45, 2.75) is 14.9 Å². The van der Waals surface area contributed by atoms with Gasteiger partial charge in [0.1, 0.15) is 0 Å². The molecule has 0 aliphatic carbocycles. The average Bonchev–Trinajstić information content (AvgIpc) is 2.95. The molecule has 0 saturated heterocycles. The van der Waals surface area contributed by atoms with Gasteiger partial charge in [0.15, 0.2) is 14.9 Å². The number of imidazole rings is 1. The van der Waals surface area contributed by atoms with Crippen LogP contribution < -0.4 is 0 Å². The van der Waals surface area contributed by atoms with E-state index >= 15 is 0 Å². The van der Waals surface area contributed by atoms with Crippen LogP contribution in [0.5, 0.6) is 0 Å². The second kappa shape index (κ2) is 7.74. The van der Waals surface area contributed by atoms with Gasteiger partial charge in [-0.15, -0.1) is 19.0 Å². The number of aromatic amines is 1. The highest BCUT2D eigenvalue weighted by Gasteiger charge is 2.15. The lowest BCUT2D eigenvalue weighted by atomic mass is 10.3. The number of rotatable bonds is 5. The number of hydrogen-bond acceptors (Lipinski definition) is 3. The normalized spacial score (nSPS) is 11.9. The average molecular weight is 351 g/mol. The Morgan fingerprint density at radius 2 is 1.95 bits per heavy atom. The monoisotopic (exact) mass is 350 g/mol. The van der Waals surface area contributed by atoms with Crippen molar-refractivity contribution in [1.82, 2.24) is 9.97 Å². The number of H-pyrrole nitrogens is 1. The summed E-state index contributed by atoms with van der Waals surface area (Å²) in [5, 5.41) is 0.854. The molecule has 1 aromatic heterocycles. The molecule has 0 spiro atoms. The fraction of sp³-hybridized carbons (Fsp3) is 0.0625. The summed E-state index contributed by atoms with van der Waals surface area (Å²) < 4.78 is 12.5. The fourth-order valence-corrected chi connectivity index (χ4v) is 3.67. The van der Waals surface area contributed by atoms with E-state index in [4.69, 9.17) is 0 Å². The predicted octanol–water partition coefficient (Wildman–Crippen LogP) is 4.43. The summed E-state index contributed by atoms with van der Waals surface area (Å²) in [5.41, 5.74) is 1.79. The zero-order valence-electron chi connectivity index (χ0n) is 11.7. The minimum atomic E-state index is -1.18. The number of benzene rings is 2. The summed E-state index contributed by atoms with van der Waals surface area (Å²) in [5.74, 6) is 0.808. The van der Waals surface area contributed by atoms with E-state index in [0.29, 0.717) is 0 Å². The molecule has 3 rings (SSSR count). The molecule has 22 heavy (non-hydrogen) atoms. The summed E-state index contributed by atoms with van der Waals surface area (Å²) >= 11 is 0.420. The molecule has 6 heteroatoms. The van der Waals surface area contributed by atoms with Crippen LogP contribution in [0.3, 0.4) is 0 Å². The van der Waals surface area contributed by atoms with Gasteiger partial charge in [-0.05, 0) is 24.3 Å². The standard InChI is InChI=1S/C16H14N2OS2.ClH/c1-2-10-20-16-17-14-9-8-13(11-15(14)18-16)21(19)12-6-4-3-5-7-12;/h2-9,11H,1,10H2,(H,17,18);1H. The highest BCUT2D eigenvalue weighted by atomic mass is 35.5. The number of hydrogen-bond donors (Lipinski definition) is 1. The SMILES string of the molecule is C=CCSc1nc2cc([S+]([O-])c3ccccc3)ccc2[nH]1.Cl. The van der Waals surface area contributed by atoms with Crippen LogP contribution in [-0.4, -0.2) is 20.3 Å². The number of fused-ring (bicyclic) bond motifs is 1. The molecule has 1 unspecified atom stereocenters. The lowest BCUT2D eigenvalue weighted by Crippen LogP contribution is -2.01. The van der Waals surface area contributed by atoms with Crippen molar-refractivity contribution in [2.75, 3.05) is 5.75 Å². The molecule has 0 radical (unpaired) electrons. The van der Waals surface area contributed by atoms with E-state index < -0.39 is 11.2 Å². The van der Waals surface area contributed by atoms with Crippen molar-refractivity contribution in [3.8, 4) is 0 Å². The van der Waals surface area contributed by atoms with E-state index in [-0.39, 0.29) is 12.4 Å². The van der Waals surface area contributed by atoms with Crippen LogP contribution in [0.15, 0.2) is 76.1 Å². The smallest absolute Gasteiger partial charge is 0.166 e. The molecule has 114 valence electrons. The van der Waals surface area contributed by atoms with Gasteiger partial charge in [-0.1, -0.05) is 36.0 Å². The first-order valence-corrected chi connectivity index (χ1v) is 8.62. The Bertz CT molecular complexity index is 761. The van der Waals surface area contributed by atoms with Gasteiger partial charge in [0.25, 0.3) is 0 Å². The molecule has 3 aromatic rings. The molecule has 1 atom stereocenters. The first-order chi connectivity index (χ1) is 10.3. The van der Waals surface area contributed by atoms with E-state index in [0.717, 1.165) is 31.7 Å². The maximum Gasteiger partial charge on any atom is 0.166 e. The highest BCUT2D eigenvalue weighted by Crippen LogP contribution is 2.25. The van der Waals surface area contributed by atoms with Gasteiger partial charge < -0.3 is 9.54 Å². The fourth-order valence-electron chi connectivity index (χ4n) is 1.96. The maximum atomic E-state index is 12.5. The van der Waals surface area contributed by atoms with Crippen LogP contribution in [0.2, 0.25) is 0 Å². The number of nitrogens with one attached hydrogen (secondary N) is 1. The van der Waals surface area contributed by atoms with Gasteiger partial charge in [0.05, 0.1) is 11.0 Å². The van der Waals surface area contributed by atoms with Crippen molar-refractivity contribution < 1.29 is 4.55 Å². The highest BCUT2D eigenvalue weighted by molar-refractivity contribution is 7.99. The van der Waals surface area contributed by atoms with E-state index in [2.05, 4.69) is 16.5 Å². The molecular formula is C16H15ClN2OS2. The molecule has 2 aromatic carbocycles. The zero-order valence-corrected chi connectivity index (χ0v) is 14.1. The first-order valence-electron chi connectivity index (χ1n) is 6.48. The molecule has 0 aliphatic heterocycles. The largest absolute Gasteiger partial charge is 0.606 e. The number of thioether (sulfide) groups is 1. The molecule has 1 heterocycles. The summed E-state index contributed by atoms with van der Waals surface area (Å²) in [6.07, 6.45) is 1.84. The molecule has 0 bridgehead atoms. The topological polar surface area (TPSA) is 51.7 Å². The Kier molecular flexibility index (Phi) is 5.97. The van der Waals surface area contributed by atoms with E-state index in [1.165, 1.54) is 0 Å². The van der Waals surface area contributed by atoms with Crippen LogP contribution in [0.1, 0.15) is 0 Å². The van der Waals surface area contributed by atoms with Crippen molar-refractivity contribution in [3.63, 3.8) is 0 Å². The third-order valence-electron chi connectivity index (χ3n) is 2.94. The molecule has 0 saturated carbocycles. The lowest BCUT2D eigenvalue weighted by Gasteiger charge is -2.09. The molecule has 0 amide bonds. The number of halogens is 1. The number of nitrogens with zero attached hydrogens (tertiary/aromatic N) is 1. The molecule has 3 nitrogen and oxygen atoms in total. The Labute approximate surface area is 142 Å². The summed E-state index contributed by atoms with van der Waals surface area (Å²) in [6, 6.07) is 15.1. The second-order valence-electron chi connectivity index (χ2n) is 4.40. The minimum absolute atomic E-state index is 0. The van der Waals surface area contributed by atoms with Crippen LogP contribution >= 0.6 is 24.2 Å². The Morgan fingerprint density at radius 1 is 1.18 bits per heavy atom.